The van der Waals surface area contributed by atoms with Crippen LogP contribution in [0.15, 0.2) is 0 Å². The Bertz CT molecular complexity index is 221. The van der Waals surface area contributed by atoms with Crippen molar-refractivity contribution in [1.29, 1.82) is 0 Å². The van der Waals surface area contributed by atoms with E-state index >= 15 is 0 Å². The Kier molecular flexibility index (Phi) is 11.3. The highest BCUT2D eigenvalue weighted by atomic mass is 16.1. The molecule has 0 saturated heterocycles. The Balaban J connectivity index is 0. The highest BCUT2D eigenvalue weighted by Crippen LogP contribution is 2.11. The maximum absolute atomic E-state index is 11.3. The van der Waals surface area contributed by atoms with Crippen molar-refractivity contribution >= 4 is 5.91 Å². The molecule has 0 radical (unpaired) electrons. The molecule has 0 aliphatic carbocycles. The van der Waals surface area contributed by atoms with Crippen molar-refractivity contribution in [3.63, 3.8) is 0 Å². The molecule has 0 aromatic rings. The van der Waals surface area contributed by atoms with E-state index in [0.29, 0.717) is 6.04 Å². The van der Waals surface area contributed by atoms with Crippen molar-refractivity contribution in [1.82, 2.24) is 15.5 Å². The second-order valence-corrected chi connectivity index (χ2v) is 5.14. The molecule has 0 spiro atoms. The number of amides is 1. The topological polar surface area (TPSA) is 70.4 Å². The Morgan fingerprint density at radius 1 is 1.39 bits per heavy atom. The first-order chi connectivity index (χ1) is 8.25. The predicted octanol–water partition coefficient (Wildman–Crippen LogP) is 0.406. The van der Waals surface area contributed by atoms with Crippen LogP contribution < -0.4 is 16.4 Å². The number of hydrogen-bond acceptors (Lipinski definition) is 4. The zero-order valence-electron chi connectivity index (χ0n) is 13.1. The minimum atomic E-state index is -0.570. The van der Waals surface area contributed by atoms with Crippen molar-refractivity contribution in [2.24, 2.45) is 5.73 Å². The largest absolute Gasteiger partial charge is 0.368 e. The van der Waals surface area contributed by atoms with Gasteiger partial charge in [-0.25, -0.2) is 0 Å². The maximum Gasteiger partial charge on any atom is 0.237 e. The smallest absolute Gasteiger partial charge is 0.237 e. The maximum atomic E-state index is 11.3. The summed E-state index contributed by atoms with van der Waals surface area (Å²) in [6, 6.07) is 0.389. The summed E-state index contributed by atoms with van der Waals surface area (Å²) in [5.41, 5.74) is 4.83. The van der Waals surface area contributed by atoms with Crippen LogP contribution in [0.1, 0.15) is 33.6 Å². The Morgan fingerprint density at radius 2 is 1.83 bits per heavy atom. The number of nitrogens with one attached hydrogen (secondary N) is 2. The van der Waals surface area contributed by atoms with Gasteiger partial charge >= 0.3 is 0 Å². The van der Waals surface area contributed by atoms with Crippen LogP contribution in [-0.2, 0) is 4.79 Å². The number of carbonyl (C=O) groups is 1. The lowest BCUT2D eigenvalue weighted by atomic mass is 9.95. The Labute approximate surface area is 112 Å². The van der Waals surface area contributed by atoms with Crippen LogP contribution in [0.4, 0.5) is 0 Å². The summed E-state index contributed by atoms with van der Waals surface area (Å²) in [4.78, 5) is 13.5. The zero-order valence-corrected chi connectivity index (χ0v) is 13.1. The second-order valence-electron chi connectivity index (χ2n) is 5.14. The van der Waals surface area contributed by atoms with Gasteiger partial charge in [0.1, 0.15) is 0 Å². The van der Waals surface area contributed by atoms with Gasteiger partial charge in [0.2, 0.25) is 5.91 Å². The quantitative estimate of drug-likeness (QED) is 0.620. The Morgan fingerprint density at radius 3 is 2.11 bits per heavy atom. The monoisotopic (exact) mass is 260 g/mol. The summed E-state index contributed by atoms with van der Waals surface area (Å²) in [5, 5.41) is 6.01. The first-order valence-electron chi connectivity index (χ1n) is 6.55. The fourth-order valence-electron chi connectivity index (χ4n) is 1.35. The van der Waals surface area contributed by atoms with Crippen LogP contribution in [-0.4, -0.2) is 57.1 Å². The van der Waals surface area contributed by atoms with Gasteiger partial charge in [-0.15, -0.1) is 0 Å². The molecule has 18 heavy (non-hydrogen) atoms. The average Bonchev–Trinajstić information content (AvgIpc) is 2.27. The van der Waals surface area contributed by atoms with E-state index in [9.17, 15) is 4.79 Å². The number of primary amides is 1. The SMILES string of the molecule is CCCC(C)(NCC(C)N(C)C)C(N)=O.CNC. The molecule has 0 saturated carbocycles. The van der Waals surface area contributed by atoms with Crippen LogP contribution in [0.5, 0.6) is 0 Å². The first kappa shape index (κ1) is 19.7. The predicted molar refractivity (Wildman–Crippen MR) is 78.6 cm³/mol. The molecule has 0 aliphatic heterocycles. The van der Waals surface area contributed by atoms with E-state index in [4.69, 9.17) is 5.73 Å². The van der Waals surface area contributed by atoms with E-state index in [1.54, 1.807) is 0 Å². The molecular weight excluding hydrogens is 228 g/mol. The van der Waals surface area contributed by atoms with Gasteiger partial charge in [0.05, 0.1) is 5.54 Å². The van der Waals surface area contributed by atoms with E-state index in [0.717, 1.165) is 19.4 Å². The molecule has 0 heterocycles. The van der Waals surface area contributed by atoms with Gasteiger partial charge in [-0.1, -0.05) is 13.3 Å². The van der Waals surface area contributed by atoms with Gasteiger partial charge in [0.25, 0.3) is 0 Å². The molecule has 5 heteroatoms. The number of hydrogen-bond donors (Lipinski definition) is 3. The fourth-order valence-corrected chi connectivity index (χ4v) is 1.35. The van der Waals surface area contributed by atoms with Gasteiger partial charge in [0.15, 0.2) is 0 Å². The van der Waals surface area contributed by atoms with Gasteiger partial charge in [-0.3, -0.25) is 4.79 Å². The van der Waals surface area contributed by atoms with Crippen LogP contribution in [0, 0.1) is 0 Å². The standard InChI is InChI=1S/C11H25N3O.C2H7N/c1-6-7-11(3,10(12)15)13-8-9(2)14(4)5;1-3-2/h9,13H,6-8H2,1-5H3,(H2,12,15);3H,1-2H3. The second kappa shape index (κ2) is 10.3. The molecule has 0 aliphatic rings. The van der Waals surface area contributed by atoms with Crippen LogP contribution in [0.25, 0.3) is 0 Å². The lowest BCUT2D eigenvalue weighted by molar-refractivity contribution is -0.124. The summed E-state index contributed by atoms with van der Waals surface area (Å²) in [6.45, 7) is 6.81. The molecule has 2 atom stereocenters. The average molecular weight is 260 g/mol. The van der Waals surface area contributed by atoms with E-state index in [-0.39, 0.29) is 5.91 Å². The number of nitrogens with zero attached hydrogens (tertiary/aromatic N) is 1. The zero-order chi connectivity index (χ0) is 14.8. The van der Waals surface area contributed by atoms with Crippen molar-refractivity contribution in [3.8, 4) is 0 Å². The molecule has 5 nitrogen and oxygen atoms in total. The van der Waals surface area contributed by atoms with Crippen LogP contribution in [0.2, 0.25) is 0 Å². The normalized spacial score (nSPS) is 15.6. The third-order valence-electron chi connectivity index (χ3n) is 2.96. The number of nitrogens with two attached hydrogens (primary N) is 1. The summed E-state index contributed by atoms with van der Waals surface area (Å²) in [7, 11) is 7.79. The van der Waals surface area contributed by atoms with Crippen LogP contribution in [0.3, 0.4) is 0 Å². The molecule has 0 rings (SSSR count). The summed E-state index contributed by atoms with van der Waals surface area (Å²) in [5.74, 6) is -0.268. The number of carbonyl (C=O) groups excluding carboxylic acids is 1. The van der Waals surface area contributed by atoms with Gasteiger partial charge in [0, 0.05) is 12.6 Å². The first-order valence-corrected chi connectivity index (χ1v) is 6.55. The summed E-state index contributed by atoms with van der Waals surface area (Å²) in [6.07, 6.45) is 1.73. The molecule has 1 amide bonds. The van der Waals surface area contributed by atoms with Crippen molar-refractivity contribution in [2.45, 2.75) is 45.2 Å². The molecule has 4 N–H and O–H groups in total. The molecule has 0 aromatic heterocycles. The lowest BCUT2D eigenvalue weighted by Crippen LogP contribution is -2.55. The van der Waals surface area contributed by atoms with E-state index < -0.39 is 5.54 Å². The summed E-state index contributed by atoms with van der Waals surface area (Å²) >= 11 is 0. The van der Waals surface area contributed by atoms with Crippen LogP contribution >= 0.6 is 0 Å². The van der Waals surface area contributed by atoms with Gasteiger partial charge < -0.3 is 21.3 Å². The van der Waals surface area contributed by atoms with Crippen molar-refractivity contribution in [2.75, 3.05) is 34.7 Å². The van der Waals surface area contributed by atoms with Crippen molar-refractivity contribution < 1.29 is 4.79 Å². The highest BCUT2D eigenvalue weighted by Gasteiger charge is 2.29. The van der Waals surface area contributed by atoms with E-state index in [2.05, 4.69) is 29.4 Å². The minimum Gasteiger partial charge on any atom is -0.368 e. The van der Waals surface area contributed by atoms with E-state index in [1.165, 1.54) is 0 Å². The minimum absolute atomic E-state index is 0.268. The highest BCUT2D eigenvalue weighted by molar-refractivity contribution is 5.84. The molecule has 0 aromatic carbocycles. The number of rotatable bonds is 7. The van der Waals surface area contributed by atoms with Gasteiger partial charge in [-0.2, -0.15) is 0 Å². The molecule has 0 bridgehead atoms. The molecule has 0 fully saturated rings. The van der Waals surface area contributed by atoms with E-state index in [1.807, 2.05) is 35.1 Å². The molecule has 2 unspecified atom stereocenters. The Hall–Kier alpha value is -0.650. The lowest BCUT2D eigenvalue weighted by Gasteiger charge is -2.30. The fraction of sp³-hybridized carbons (Fsp3) is 0.923. The third-order valence-corrected chi connectivity index (χ3v) is 2.96. The van der Waals surface area contributed by atoms with Crippen molar-refractivity contribution in [3.05, 3.63) is 0 Å². The third kappa shape index (κ3) is 8.44. The molecular formula is C13H32N4O. The molecule has 110 valence electrons. The van der Waals surface area contributed by atoms with Gasteiger partial charge in [-0.05, 0) is 48.5 Å². The number of likely N-dealkylation sites (N-methyl/N-ethyl adjacent to an activating group) is 1. The summed E-state index contributed by atoms with van der Waals surface area (Å²) < 4.78 is 0.